The molecule has 0 bridgehead atoms. The van der Waals surface area contributed by atoms with Gasteiger partial charge in [0, 0.05) is 0 Å². The first kappa shape index (κ1) is 11.2. The summed E-state index contributed by atoms with van der Waals surface area (Å²) >= 11 is 0. The molecule has 0 fully saturated rings. The number of halogens is 3. The molecule has 0 spiro atoms. The van der Waals surface area contributed by atoms with E-state index in [1.54, 1.807) is 0 Å². The fourth-order valence-corrected chi connectivity index (χ4v) is 1.60. The normalized spacial score (nSPS) is 11.8. The first-order valence-corrected chi connectivity index (χ1v) is 5.27. The molecule has 0 saturated carbocycles. The highest BCUT2D eigenvalue weighted by Crippen LogP contribution is 2.39. The Kier molecular flexibility index (Phi) is 2.99. The highest BCUT2D eigenvalue weighted by atomic mass is 31.2. The second-order valence-corrected chi connectivity index (χ2v) is 4.34. The number of rotatable bonds is 2. The Bertz CT molecular complexity index is 378. The lowest BCUT2D eigenvalue weighted by atomic mass is 10.2. The van der Waals surface area contributed by atoms with Gasteiger partial charge in [-0.25, -0.2) is 13.2 Å². The van der Waals surface area contributed by atoms with Crippen LogP contribution in [-0.4, -0.2) is 9.79 Å². The van der Waals surface area contributed by atoms with Crippen LogP contribution in [0.15, 0.2) is 12.1 Å². The quantitative estimate of drug-likeness (QED) is 0.596. The van der Waals surface area contributed by atoms with E-state index in [-0.39, 0.29) is 5.56 Å². The van der Waals surface area contributed by atoms with Gasteiger partial charge in [0.05, 0.1) is 6.16 Å². The van der Waals surface area contributed by atoms with Crippen LogP contribution >= 0.6 is 7.60 Å². The first-order valence-electron chi connectivity index (χ1n) is 3.47. The van der Waals surface area contributed by atoms with Crippen molar-refractivity contribution in [3.8, 4) is 0 Å². The second-order valence-electron chi connectivity index (χ2n) is 2.70. The van der Waals surface area contributed by atoms with E-state index < -0.39 is 31.2 Å². The van der Waals surface area contributed by atoms with Gasteiger partial charge in [-0.2, -0.15) is 0 Å². The van der Waals surface area contributed by atoms with E-state index in [2.05, 4.69) is 0 Å². The van der Waals surface area contributed by atoms with Crippen LogP contribution in [0.3, 0.4) is 0 Å². The van der Waals surface area contributed by atoms with E-state index in [1.165, 1.54) is 0 Å². The summed E-state index contributed by atoms with van der Waals surface area (Å²) in [5.74, 6) is -4.58. The van der Waals surface area contributed by atoms with Crippen molar-refractivity contribution in [1.29, 1.82) is 0 Å². The predicted octanol–water partition coefficient (Wildman–Crippen LogP) is 1.78. The average molecular weight is 226 g/mol. The topological polar surface area (TPSA) is 57.5 Å². The van der Waals surface area contributed by atoms with Crippen molar-refractivity contribution >= 4 is 7.60 Å². The van der Waals surface area contributed by atoms with Gasteiger partial charge < -0.3 is 9.79 Å². The maximum Gasteiger partial charge on any atom is 0.329 e. The van der Waals surface area contributed by atoms with Gasteiger partial charge in [-0.05, 0) is 17.7 Å². The van der Waals surface area contributed by atoms with Crippen molar-refractivity contribution in [3.05, 3.63) is 35.1 Å². The van der Waals surface area contributed by atoms with E-state index in [4.69, 9.17) is 9.79 Å². The minimum Gasteiger partial charge on any atom is -0.324 e. The molecule has 3 nitrogen and oxygen atoms in total. The molecule has 0 heterocycles. The second kappa shape index (κ2) is 3.73. The Morgan fingerprint density at radius 2 is 1.57 bits per heavy atom. The lowest BCUT2D eigenvalue weighted by Gasteiger charge is -2.04. The standard InChI is InChI=1S/C7H6F3O3P/c8-5-1-4(3-14(11,12)13)2-6(9)7(5)10/h1-2H,3H2,(H2,11,12,13). The Labute approximate surface area is 77.3 Å². The number of benzene rings is 1. The van der Waals surface area contributed by atoms with Crippen molar-refractivity contribution < 1.29 is 27.5 Å². The van der Waals surface area contributed by atoms with Gasteiger partial charge in [0.2, 0.25) is 0 Å². The molecule has 1 aromatic carbocycles. The molecular formula is C7H6F3O3P. The van der Waals surface area contributed by atoms with Crippen LogP contribution in [0.25, 0.3) is 0 Å². The van der Waals surface area contributed by atoms with Gasteiger partial charge >= 0.3 is 7.60 Å². The third-order valence-corrected chi connectivity index (χ3v) is 2.21. The molecule has 0 amide bonds. The van der Waals surface area contributed by atoms with Gasteiger partial charge in [-0.1, -0.05) is 0 Å². The molecule has 0 unspecified atom stereocenters. The van der Waals surface area contributed by atoms with Gasteiger partial charge in [0.15, 0.2) is 17.5 Å². The zero-order chi connectivity index (χ0) is 10.9. The first-order chi connectivity index (χ1) is 6.29. The van der Waals surface area contributed by atoms with Crippen molar-refractivity contribution in [2.75, 3.05) is 0 Å². The zero-order valence-corrected chi connectivity index (χ0v) is 7.64. The minimum absolute atomic E-state index is 0.283. The van der Waals surface area contributed by atoms with Crippen LogP contribution in [0.1, 0.15) is 5.56 Å². The monoisotopic (exact) mass is 226 g/mol. The molecule has 78 valence electrons. The highest BCUT2D eigenvalue weighted by Gasteiger charge is 2.17. The Morgan fingerprint density at radius 1 is 1.14 bits per heavy atom. The molecule has 0 aliphatic rings. The highest BCUT2D eigenvalue weighted by molar-refractivity contribution is 7.50. The summed E-state index contributed by atoms with van der Waals surface area (Å²) < 4.78 is 48.0. The SMILES string of the molecule is O=P(O)(O)Cc1cc(F)c(F)c(F)c1. The molecule has 0 radical (unpaired) electrons. The summed E-state index contributed by atoms with van der Waals surface area (Å²) in [5, 5.41) is 0. The van der Waals surface area contributed by atoms with Crippen molar-refractivity contribution in [3.63, 3.8) is 0 Å². The summed E-state index contributed by atoms with van der Waals surface area (Å²) in [5.41, 5.74) is -0.283. The molecule has 7 heteroatoms. The molecule has 1 aromatic rings. The van der Waals surface area contributed by atoms with Crippen molar-refractivity contribution in [2.24, 2.45) is 0 Å². The third kappa shape index (κ3) is 2.83. The molecular weight excluding hydrogens is 220 g/mol. The third-order valence-electron chi connectivity index (χ3n) is 1.43. The molecule has 0 aliphatic heterocycles. The van der Waals surface area contributed by atoms with Crippen LogP contribution in [0, 0.1) is 17.5 Å². The summed E-state index contributed by atoms with van der Waals surface area (Å²) in [7, 11) is -4.40. The minimum atomic E-state index is -4.40. The molecule has 0 aromatic heterocycles. The van der Waals surface area contributed by atoms with Crippen molar-refractivity contribution in [2.45, 2.75) is 6.16 Å². The lowest BCUT2D eigenvalue weighted by molar-refractivity contribution is 0.371. The van der Waals surface area contributed by atoms with Crippen LogP contribution in [0.2, 0.25) is 0 Å². The molecule has 2 N–H and O–H groups in total. The Hall–Kier alpha value is -0.840. The van der Waals surface area contributed by atoms with Crippen molar-refractivity contribution in [1.82, 2.24) is 0 Å². The van der Waals surface area contributed by atoms with Gasteiger partial charge in [0.25, 0.3) is 0 Å². The Morgan fingerprint density at radius 3 is 1.93 bits per heavy atom. The average Bonchev–Trinajstić information content (AvgIpc) is 1.96. The van der Waals surface area contributed by atoms with E-state index in [0.717, 1.165) is 0 Å². The van der Waals surface area contributed by atoms with Crippen LogP contribution < -0.4 is 0 Å². The lowest BCUT2D eigenvalue weighted by Crippen LogP contribution is -1.95. The van der Waals surface area contributed by atoms with E-state index in [0.29, 0.717) is 12.1 Å². The van der Waals surface area contributed by atoms with E-state index in [1.807, 2.05) is 0 Å². The molecule has 1 rings (SSSR count). The predicted molar refractivity (Wildman–Crippen MR) is 42.1 cm³/mol. The number of hydrogen-bond donors (Lipinski definition) is 2. The summed E-state index contributed by atoms with van der Waals surface area (Å²) in [6.45, 7) is 0. The largest absolute Gasteiger partial charge is 0.329 e. The number of hydrogen-bond acceptors (Lipinski definition) is 1. The van der Waals surface area contributed by atoms with Crippen LogP contribution in [0.4, 0.5) is 13.2 Å². The Balaban J connectivity index is 3.08. The maximum atomic E-state index is 12.5. The fraction of sp³-hybridized carbons (Fsp3) is 0.143. The summed E-state index contributed by atoms with van der Waals surface area (Å²) in [6.07, 6.45) is -0.818. The van der Waals surface area contributed by atoms with Crippen LogP contribution in [-0.2, 0) is 10.7 Å². The van der Waals surface area contributed by atoms with Gasteiger partial charge in [-0.15, -0.1) is 0 Å². The van der Waals surface area contributed by atoms with Gasteiger partial charge in [0.1, 0.15) is 0 Å². The fourth-order valence-electron chi connectivity index (χ4n) is 0.937. The summed E-state index contributed by atoms with van der Waals surface area (Å²) in [6, 6.07) is 1.11. The smallest absolute Gasteiger partial charge is 0.324 e. The zero-order valence-electron chi connectivity index (χ0n) is 6.75. The molecule has 0 aliphatic carbocycles. The summed E-state index contributed by atoms with van der Waals surface area (Å²) in [4.78, 5) is 17.0. The van der Waals surface area contributed by atoms with E-state index in [9.17, 15) is 17.7 Å². The maximum absolute atomic E-state index is 12.5. The molecule has 0 saturated heterocycles. The van der Waals surface area contributed by atoms with Crippen LogP contribution in [0.5, 0.6) is 0 Å². The molecule has 14 heavy (non-hydrogen) atoms. The molecule has 0 atom stereocenters. The van der Waals surface area contributed by atoms with E-state index >= 15 is 0 Å². The van der Waals surface area contributed by atoms with Gasteiger partial charge in [-0.3, -0.25) is 4.57 Å².